The fourth-order valence-electron chi connectivity index (χ4n) is 6.02. The van der Waals surface area contributed by atoms with Crippen molar-refractivity contribution in [3.05, 3.63) is 71.8 Å². The summed E-state index contributed by atoms with van der Waals surface area (Å²) in [5, 5.41) is 18.6. The first-order chi connectivity index (χ1) is 20.7. The monoisotopic (exact) mass is 590 g/mol. The number of nitrogens with one attached hydrogen (secondary N) is 3. The zero-order valence-electron chi connectivity index (χ0n) is 24.7. The van der Waals surface area contributed by atoms with Crippen LogP contribution in [0, 0.1) is 5.92 Å². The van der Waals surface area contributed by atoms with Crippen molar-refractivity contribution in [1.82, 2.24) is 20.9 Å². The number of hydrogen-bond donors (Lipinski definition) is 4. The normalized spacial score (nSPS) is 21.1. The van der Waals surface area contributed by atoms with Gasteiger partial charge in [-0.1, -0.05) is 67.6 Å². The first-order valence-corrected chi connectivity index (χ1v) is 15.2. The van der Waals surface area contributed by atoms with E-state index in [1.165, 1.54) is 0 Å². The average molecular weight is 591 g/mol. The summed E-state index contributed by atoms with van der Waals surface area (Å²) in [6.45, 7) is 2.91. The van der Waals surface area contributed by atoms with Crippen molar-refractivity contribution in [2.75, 3.05) is 13.1 Å². The summed E-state index contributed by atoms with van der Waals surface area (Å²) in [6, 6.07) is 15.7. The lowest BCUT2D eigenvalue weighted by Crippen LogP contribution is -2.53. The number of carbonyl (C=O) groups is 5. The summed E-state index contributed by atoms with van der Waals surface area (Å²) in [7, 11) is 0. The minimum atomic E-state index is -1.14. The van der Waals surface area contributed by atoms with Gasteiger partial charge in [-0.25, -0.2) is 4.79 Å². The number of carboxylic acid groups (broad SMARTS) is 1. The number of Topliss-reactive ketones (excluding diaryl/α,β-unsaturated/α-hetero) is 1. The zero-order valence-corrected chi connectivity index (χ0v) is 24.7. The number of hydrogen-bond acceptors (Lipinski definition) is 6. The Kier molecular flexibility index (Phi) is 11.4. The first-order valence-electron chi connectivity index (χ1n) is 15.2. The second-order valence-electron chi connectivity index (χ2n) is 11.6. The Morgan fingerprint density at radius 2 is 1.60 bits per heavy atom. The number of likely N-dealkylation sites (tertiary alicyclic amines) is 1. The molecule has 0 aromatic heterocycles. The lowest BCUT2D eigenvalue weighted by molar-refractivity contribution is -0.142. The highest BCUT2D eigenvalue weighted by molar-refractivity contribution is 5.91. The SMILES string of the molecule is CCC(=O)C[C@H]1CN[C@H](C(=O)N2CCC[C@H]2C(=O)N[C@H](CC(=O)N[C@@H](Cc2ccccc2)C(=O)O)Cc2ccccc2)C1. The van der Waals surface area contributed by atoms with E-state index in [4.69, 9.17) is 0 Å². The summed E-state index contributed by atoms with van der Waals surface area (Å²) in [6.07, 6.45) is 3.11. The zero-order chi connectivity index (χ0) is 30.8. The van der Waals surface area contributed by atoms with Crippen molar-refractivity contribution in [3.8, 4) is 0 Å². The van der Waals surface area contributed by atoms with E-state index in [9.17, 15) is 29.1 Å². The van der Waals surface area contributed by atoms with Gasteiger partial charge in [0.05, 0.1) is 6.04 Å². The van der Waals surface area contributed by atoms with Gasteiger partial charge < -0.3 is 26.0 Å². The molecule has 5 atom stereocenters. The van der Waals surface area contributed by atoms with Crippen molar-refractivity contribution >= 4 is 29.5 Å². The number of aliphatic carboxylic acids is 1. The highest BCUT2D eigenvalue weighted by atomic mass is 16.4. The van der Waals surface area contributed by atoms with Gasteiger partial charge in [-0.05, 0) is 49.3 Å². The molecular weight excluding hydrogens is 548 g/mol. The van der Waals surface area contributed by atoms with Crippen molar-refractivity contribution in [2.24, 2.45) is 5.92 Å². The van der Waals surface area contributed by atoms with Gasteiger partial charge in [0, 0.05) is 38.3 Å². The van der Waals surface area contributed by atoms with E-state index < -0.39 is 36.0 Å². The molecule has 230 valence electrons. The largest absolute Gasteiger partial charge is 0.480 e. The maximum atomic E-state index is 13.6. The number of carbonyl (C=O) groups excluding carboxylic acids is 4. The van der Waals surface area contributed by atoms with Crippen LogP contribution in [-0.4, -0.2) is 76.7 Å². The smallest absolute Gasteiger partial charge is 0.326 e. The lowest BCUT2D eigenvalue weighted by atomic mass is 9.97. The summed E-state index contributed by atoms with van der Waals surface area (Å²) in [5.74, 6) is -1.78. The molecule has 2 aromatic carbocycles. The summed E-state index contributed by atoms with van der Waals surface area (Å²) in [5.41, 5.74) is 1.71. The van der Waals surface area contributed by atoms with Crippen LogP contribution in [0.25, 0.3) is 0 Å². The maximum absolute atomic E-state index is 13.6. The predicted molar refractivity (Wildman–Crippen MR) is 161 cm³/mol. The molecule has 2 saturated heterocycles. The minimum Gasteiger partial charge on any atom is -0.480 e. The van der Waals surface area contributed by atoms with Crippen LogP contribution in [0.4, 0.5) is 0 Å². The van der Waals surface area contributed by atoms with Gasteiger partial charge in [0.15, 0.2) is 0 Å². The van der Waals surface area contributed by atoms with Crippen molar-refractivity contribution in [1.29, 1.82) is 0 Å². The molecule has 0 bridgehead atoms. The molecule has 4 rings (SSSR count). The number of benzene rings is 2. The fraction of sp³-hybridized carbons (Fsp3) is 0.485. The van der Waals surface area contributed by atoms with Crippen LogP contribution < -0.4 is 16.0 Å². The highest BCUT2D eigenvalue weighted by Gasteiger charge is 2.40. The van der Waals surface area contributed by atoms with Crippen molar-refractivity contribution in [2.45, 2.75) is 82.5 Å². The standard InChI is InChI=1S/C33H42N4O6/c1-2-26(38)17-24-19-27(34-21-24)32(41)37-15-9-14-29(37)31(40)35-25(16-22-10-5-3-6-11-22)20-30(39)36-28(33(42)43)18-23-12-7-4-8-13-23/h3-8,10-13,24-25,27-29,34H,2,9,14-21H2,1H3,(H,35,40)(H,36,39)(H,42,43)/t24-,25+,27+,28+,29+/m1/s1. The first kappa shape index (κ1) is 31.9. The Bertz CT molecular complexity index is 1270. The quantitative estimate of drug-likeness (QED) is 0.264. The number of ketones is 1. The number of carboxylic acids is 1. The Hall–Kier alpha value is -4.05. The Balaban J connectivity index is 1.40. The van der Waals surface area contributed by atoms with Gasteiger partial charge >= 0.3 is 5.97 Å². The third kappa shape index (κ3) is 9.22. The van der Waals surface area contributed by atoms with Gasteiger partial charge in [0.2, 0.25) is 17.7 Å². The predicted octanol–water partition coefficient (Wildman–Crippen LogP) is 2.25. The molecule has 10 nitrogen and oxygen atoms in total. The molecule has 0 aliphatic carbocycles. The van der Waals surface area contributed by atoms with Gasteiger partial charge in [0.25, 0.3) is 0 Å². The molecule has 0 saturated carbocycles. The van der Waals surface area contributed by atoms with Gasteiger partial charge in [-0.3, -0.25) is 19.2 Å². The number of amides is 3. The van der Waals surface area contributed by atoms with Crippen LogP contribution in [0.1, 0.15) is 56.6 Å². The molecule has 0 radical (unpaired) electrons. The Morgan fingerprint density at radius 1 is 0.953 bits per heavy atom. The minimum absolute atomic E-state index is 0.113. The van der Waals surface area contributed by atoms with E-state index >= 15 is 0 Å². The van der Waals surface area contributed by atoms with E-state index in [2.05, 4.69) is 16.0 Å². The summed E-state index contributed by atoms with van der Waals surface area (Å²) >= 11 is 0. The highest BCUT2D eigenvalue weighted by Crippen LogP contribution is 2.25. The fourth-order valence-corrected chi connectivity index (χ4v) is 6.02. The molecule has 2 heterocycles. The Morgan fingerprint density at radius 3 is 2.23 bits per heavy atom. The molecular formula is C33H42N4O6. The van der Waals surface area contributed by atoms with Gasteiger partial charge in [-0.2, -0.15) is 0 Å². The third-order valence-electron chi connectivity index (χ3n) is 8.29. The Labute approximate surface area is 252 Å². The van der Waals surface area contributed by atoms with E-state index in [-0.39, 0.29) is 36.4 Å². The van der Waals surface area contributed by atoms with Crippen molar-refractivity contribution in [3.63, 3.8) is 0 Å². The van der Waals surface area contributed by atoms with Crippen LogP contribution in [0.15, 0.2) is 60.7 Å². The van der Waals surface area contributed by atoms with Crippen LogP contribution >= 0.6 is 0 Å². The second kappa shape index (κ2) is 15.4. The number of nitrogens with zero attached hydrogens (tertiary/aromatic N) is 1. The summed E-state index contributed by atoms with van der Waals surface area (Å²) in [4.78, 5) is 65.6. The van der Waals surface area contributed by atoms with Crippen LogP contribution in [-0.2, 0) is 36.8 Å². The summed E-state index contributed by atoms with van der Waals surface area (Å²) < 4.78 is 0. The molecule has 0 spiro atoms. The third-order valence-corrected chi connectivity index (χ3v) is 8.29. The van der Waals surface area contributed by atoms with Crippen molar-refractivity contribution < 1.29 is 29.1 Å². The number of rotatable bonds is 14. The second-order valence-corrected chi connectivity index (χ2v) is 11.6. The molecule has 3 amide bonds. The molecule has 43 heavy (non-hydrogen) atoms. The average Bonchev–Trinajstić information content (AvgIpc) is 3.68. The topological polar surface area (TPSA) is 145 Å². The van der Waals surface area contributed by atoms with Crippen LogP contribution in [0.5, 0.6) is 0 Å². The van der Waals surface area contributed by atoms with E-state index in [1.807, 2.05) is 55.5 Å². The van der Waals surface area contributed by atoms with Gasteiger partial charge in [-0.15, -0.1) is 0 Å². The molecule has 0 unspecified atom stereocenters. The van der Waals surface area contributed by atoms with Gasteiger partial charge in [0.1, 0.15) is 17.9 Å². The van der Waals surface area contributed by atoms with E-state index in [1.54, 1.807) is 17.0 Å². The lowest BCUT2D eigenvalue weighted by Gasteiger charge is -2.29. The molecule has 2 aliphatic heterocycles. The molecule has 2 aromatic rings. The van der Waals surface area contributed by atoms with E-state index in [0.717, 1.165) is 11.1 Å². The van der Waals surface area contributed by atoms with Crippen LogP contribution in [0.2, 0.25) is 0 Å². The molecule has 2 fully saturated rings. The molecule has 4 N–H and O–H groups in total. The molecule has 2 aliphatic rings. The maximum Gasteiger partial charge on any atom is 0.326 e. The van der Waals surface area contributed by atoms with Crippen LogP contribution in [0.3, 0.4) is 0 Å². The molecule has 10 heteroatoms. The van der Waals surface area contributed by atoms with E-state index in [0.29, 0.717) is 51.6 Å².